The zero-order valence-corrected chi connectivity index (χ0v) is 15.4. The molecule has 1 aliphatic rings. The number of hydrogen-bond acceptors (Lipinski definition) is 3. The molecule has 1 aromatic heterocycles. The number of piperidine rings is 1. The van der Waals surface area contributed by atoms with Gasteiger partial charge in [0, 0.05) is 38.8 Å². The van der Waals surface area contributed by atoms with E-state index in [9.17, 15) is 4.79 Å². The first kappa shape index (κ1) is 18.2. The Morgan fingerprint density at radius 2 is 1.88 bits per heavy atom. The van der Waals surface area contributed by atoms with Crippen LogP contribution >= 0.6 is 0 Å². The summed E-state index contributed by atoms with van der Waals surface area (Å²) in [4.78, 5) is 21.1. The summed E-state index contributed by atoms with van der Waals surface area (Å²) in [5.41, 5.74) is 1.18. The van der Waals surface area contributed by atoms with Crippen LogP contribution in [0.1, 0.15) is 31.2 Å². The van der Waals surface area contributed by atoms with Crippen molar-refractivity contribution < 1.29 is 4.79 Å². The molecule has 1 aromatic carbocycles. The quantitative estimate of drug-likeness (QED) is 0.791. The molecule has 1 amide bonds. The Balaban J connectivity index is 1.42. The zero-order valence-electron chi connectivity index (χ0n) is 15.4. The number of pyridine rings is 1. The molecule has 0 bridgehead atoms. The highest BCUT2D eigenvalue weighted by atomic mass is 16.2. The van der Waals surface area contributed by atoms with E-state index in [4.69, 9.17) is 0 Å². The van der Waals surface area contributed by atoms with Crippen LogP contribution in [0.3, 0.4) is 0 Å². The third-order valence-corrected chi connectivity index (χ3v) is 5.01. The summed E-state index contributed by atoms with van der Waals surface area (Å²) in [5.74, 6) is 1.27. The number of benzene rings is 1. The molecule has 0 N–H and O–H groups in total. The molecular formula is C22H27N3O. The van der Waals surface area contributed by atoms with E-state index in [0.29, 0.717) is 12.5 Å². The monoisotopic (exact) mass is 349 g/mol. The van der Waals surface area contributed by atoms with Gasteiger partial charge in [-0.25, -0.2) is 4.98 Å². The number of amides is 1. The average Bonchev–Trinajstić information content (AvgIpc) is 2.72. The second-order valence-corrected chi connectivity index (χ2v) is 6.76. The van der Waals surface area contributed by atoms with Crippen molar-refractivity contribution in [3.8, 4) is 0 Å². The molecule has 4 heteroatoms. The lowest BCUT2D eigenvalue weighted by Gasteiger charge is -2.37. The van der Waals surface area contributed by atoms with Crippen molar-refractivity contribution in [2.45, 2.75) is 31.7 Å². The summed E-state index contributed by atoms with van der Waals surface area (Å²) in [6.07, 6.45) is 9.35. The molecule has 0 unspecified atom stereocenters. The normalized spacial score (nSPS) is 15.3. The molecule has 0 saturated carbocycles. The van der Waals surface area contributed by atoms with Crippen LogP contribution in [-0.4, -0.2) is 42.0 Å². The van der Waals surface area contributed by atoms with Gasteiger partial charge in [-0.15, -0.1) is 0 Å². The molecule has 1 fully saturated rings. The number of anilines is 1. The van der Waals surface area contributed by atoms with Crippen LogP contribution in [-0.2, 0) is 4.79 Å². The van der Waals surface area contributed by atoms with Crippen LogP contribution < -0.4 is 4.90 Å². The summed E-state index contributed by atoms with van der Waals surface area (Å²) in [7, 11) is 1.95. The van der Waals surface area contributed by atoms with Crippen LogP contribution in [0.25, 0.3) is 6.08 Å². The molecular weight excluding hydrogens is 322 g/mol. The van der Waals surface area contributed by atoms with Gasteiger partial charge in [-0.05, 0) is 37.0 Å². The van der Waals surface area contributed by atoms with E-state index < -0.39 is 0 Å². The number of aromatic nitrogens is 1. The van der Waals surface area contributed by atoms with E-state index in [1.165, 1.54) is 5.56 Å². The van der Waals surface area contributed by atoms with Crippen LogP contribution in [0.2, 0.25) is 0 Å². The number of hydrogen-bond donors (Lipinski definition) is 0. The first-order valence-corrected chi connectivity index (χ1v) is 9.37. The number of carbonyl (C=O) groups is 1. The van der Waals surface area contributed by atoms with E-state index in [1.54, 1.807) is 0 Å². The summed E-state index contributed by atoms with van der Waals surface area (Å²) in [5, 5.41) is 0. The van der Waals surface area contributed by atoms with E-state index in [2.05, 4.69) is 34.2 Å². The van der Waals surface area contributed by atoms with Gasteiger partial charge < -0.3 is 9.80 Å². The fourth-order valence-corrected chi connectivity index (χ4v) is 3.39. The number of rotatable bonds is 6. The standard InChI is InChI=1S/C22H27N3O/c1-24(22(26)13-6-5-11-19-9-3-2-4-10-19)20-14-17-25(18-15-20)21-12-7-8-16-23-21/h2-5,7-12,16,20H,6,13-15,17-18H2,1H3/b11-5+. The van der Waals surface area contributed by atoms with Crippen molar-refractivity contribution in [2.75, 3.05) is 25.0 Å². The predicted octanol–water partition coefficient (Wildman–Crippen LogP) is 4.00. The van der Waals surface area contributed by atoms with Crippen LogP contribution in [0.4, 0.5) is 5.82 Å². The molecule has 1 aliphatic heterocycles. The Kier molecular flexibility index (Phi) is 6.42. The van der Waals surface area contributed by atoms with E-state index in [0.717, 1.165) is 38.2 Å². The van der Waals surface area contributed by atoms with Crippen molar-refractivity contribution >= 4 is 17.8 Å². The largest absolute Gasteiger partial charge is 0.356 e. The molecule has 0 aliphatic carbocycles. The van der Waals surface area contributed by atoms with Gasteiger partial charge in [0.15, 0.2) is 0 Å². The Morgan fingerprint density at radius 1 is 1.15 bits per heavy atom. The SMILES string of the molecule is CN(C(=O)CC/C=C/c1ccccc1)C1CCN(c2ccccn2)CC1. The highest BCUT2D eigenvalue weighted by Crippen LogP contribution is 2.20. The summed E-state index contributed by atoms with van der Waals surface area (Å²) in [6, 6.07) is 16.5. The maximum absolute atomic E-state index is 12.5. The highest BCUT2D eigenvalue weighted by molar-refractivity contribution is 5.76. The molecule has 136 valence electrons. The van der Waals surface area contributed by atoms with Gasteiger partial charge in [-0.3, -0.25) is 4.79 Å². The lowest BCUT2D eigenvalue weighted by Crippen LogP contribution is -2.45. The Hall–Kier alpha value is -2.62. The third-order valence-electron chi connectivity index (χ3n) is 5.01. The summed E-state index contributed by atoms with van der Waals surface area (Å²) in [6.45, 7) is 1.90. The lowest BCUT2D eigenvalue weighted by molar-refractivity contribution is -0.132. The maximum atomic E-state index is 12.5. The molecule has 2 heterocycles. The Bertz CT molecular complexity index is 707. The topological polar surface area (TPSA) is 36.4 Å². The molecule has 0 radical (unpaired) electrons. The van der Waals surface area contributed by atoms with Crippen molar-refractivity contribution in [1.29, 1.82) is 0 Å². The average molecular weight is 349 g/mol. The first-order chi connectivity index (χ1) is 12.7. The Morgan fingerprint density at radius 3 is 2.58 bits per heavy atom. The molecule has 0 atom stereocenters. The highest BCUT2D eigenvalue weighted by Gasteiger charge is 2.25. The third kappa shape index (κ3) is 4.94. The first-order valence-electron chi connectivity index (χ1n) is 9.37. The van der Waals surface area contributed by atoms with Gasteiger partial charge in [-0.2, -0.15) is 0 Å². The molecule has 3 rings (SSSR count). The van der Waals surface area contributed by atoms with Gasteiger partial charge in [0.05, 0.1) is 0 Å². The summed E-state index contributed by atoms with van der Waals surface area (Å²) < 4.78 is 0. The molecule has 26 heavy (non-hydrogen) atoms. The molecule has 1 saturated heterocycles. The van der Waals surface area contributed by atoms with Crippen LogP contribution in [0, 0.1) is 0 Å². The van der Waals surface area contributed by atoms with E-state index >= 15 is 0 Å². The van der Waals surface area contributed by atoms with Gasteiger partial charge in [0.2, 0.25) is 5.91 Å². The lowest BCUT2D eigenvalue weighted by atomic mass is 10.0. The second kappa shape index (κ2) is 9.18. The van der Waals surface area contributed by atoms with Crippen molar-refractivity contribution in [1.82, 2.24) is 9.88 Å². The van der Waals surface area contributed by atoms with Gasteiger partial charge in [0.1, 0.15) is 5.82 Å². The minimum atomic E-state index is 0.235. The van der Waals surface area contributed by atoms with Crippen molar-refractivity contribution in [3.05, 3.63) is 66.4 Å². The fourth-order valence-electron chi connectivity index (χ4n) is 3.39. The van der Waals surface area contributed by atoms with Gasteiger partial charge >= 0.3 is 0 Å². The number of nitrogens with zero attached hydrogens (tertiary/aromatic N) is 3. The Labute approximate surface area is 156 Å². The van der Waals surface area contributed by atoms with Gasteiger partial charge in [-0.1, -0.05) is 48.6 Å². The van der Waals surface area contributed by atoms with E-state index in [1.807, 2.05) is 54.5 Å². The van der Waals surface area contributed by atoms with Gasteiger partial charge in [0.25, 0.3) is 0 Å². The molecule has 4 nitrogen and oxygen atoms in total. The number of allylic oxidation sites excluding steroid dienone is 1. The van der Waals surface area contributed by atoms with Crippen LogP contribution in [0.15, 0.2) is 60.8 Å². The maximum Gasteiger partial charge on any atom is 0.222 e. The zero-order chi connectivity index (χ0) is 18.2. The predicted molar refractivity (Wildman–Crippen MR) is 107 cm³/mol. The van der Waals surface area contributed by atoms with Crippen molar-refractivity contribution in [3.63, 3.8) is 0 Å². The second-order valence-electron chi connectivity index (χ2n) is 6.76. The number of carbonyl (C=O) groups excluding carboxylic acids is 1. The van der Waals surface area contributed by atoms with Crippen molar-refractivity contribution in [2.24, 2.45) is 0 Å². The minimum absolute atomic E-state index is 0.235. The molecule has 0 spiro atoms. The van der Waals surface area contributed by atoms with Crippen LogP contribution in [0.5, 0.6) is 0 Å². The molecule has 2 aromatic rings. The summed E-state index contributed by atoms with van der Waals surface area (Å²) >= 11 is 0. The minimum Gasteiger partial charge on any atom is -0.356 e. The fraction of sp³-hybridized carbons (Fsp3) is 0.364. The van der Waals surface area contributed by atoms with E-state index in [-0.39, 0.29) is 5.91 Å². The smallest absolute Gasteiger partial charge is 0.222 e.